The van der Waals surface area contributed by atoms with E-state index in [4.69, 9.17) is 11.6 Å². The van der Waals surface area contributed by atoms with Crippen LogP contribution in [0.15, 0.2) is 59.8 Å². The maximum absolute atomic E-state index is 12.9. The van der Waals surface area contributed by atoms with Gasteiger partial charge in [0.15, 0.2) is 0 Å². The van der Waals surface area contributed by atoms with Crippen molar-refractivity contribution in [2.45, 2.75) is 6.92 Å². The van der Waals surface area contributed by atoms with Gasteiger partial charge < -0.3 is 5.32 Å². The Bertz CT molecular complexity index is 1060. The lowest BCUT2D eigenvalue weighted by Crippen LogP contribution is -2.22. The van der Waals surface area contributed by atoms with Crippen LogP contribution >= 0.6 is 11.6 Å². The average molecular weight is 414 g/mol. The average Bonchev–Trinajstić information content (AvgIpc) is 3.05. The summed E-state index contributed by atoms with van der Waals surface area (Å²) in [5, 5.41) is 10.9. The minimum Gasteiger partial charge on any atom is -0.322 e. The van der Waals surface area contributed by atoms with Crippen molar-refractivity contribution >= 4 is 34.8 Å². The van der Waals surface area contributed by atoms with Crippen LogP contribution in [0.4, 0.5) is 10.1 Å². The van der Waals surface area contributed by atoms with Gasteiger partial charge in [0.05, 0.1) is 16.9 Å². The van der Waals surface area contributed by atoms with Crippen molar-refractivity contribution in [2.75, 3.05) is 5.32 Å². The molecule has 0 spiro atoms. The van der Waals surface area contributed by atoms with Crippen molar-refractivity contribution in [2.24, 2.45) is 12.1 Å². The topological polar surface area (TPSA) is 88.4 Å². The number of hydrogen-bond acceptors (Lipinski definition) is 4. The van der Waals surface area contributed by atoms with Crippen molar-refractivity contribution in [1.29, 1.82) is 0 Å². The van der Waals surface area contributed by atoms with E-state index < -0.39 is 11.7 Å². The standard InChI is InChI=1S/C20H17ClFN5O2/c1-12(25-26-20(29)18-17(21)11-23-27(18)2)13-5-9-16(10-6-13)24-19(28)14-3-7-15(22)8-4-14/h3-11H,1-2H3,(H,24,28)(H,26,29)/b25-12+. The normalized spacial score (nSPS) is 11.2. The van der Waals surface area contributed by atoms with Gasteiger partial charge in [-0.05, 0) is 48.9 Å². The lowest BCUT2D eigenvalue weighted by atomic mass is 10.1. The molecule has 0 aliphatic carbocycles. The highest BCUT2D eigenvalue weighted by Gasteiger charge is 2.15. The molecule has 0 aliphatic rings. The number of halogens is 2. The van der Waals surface area contributed by atoms with Crippen LogP contribution < -0.4 is 10.7 Å². The molecule has 0 saturated heterocycles. The molecule has 2 amide bonds. The van der Waals surface area contributed by atoms with Crippen molar-refractivity contribution in [3.8, 4) is 0 Å². The Balaban J connectivity index is 1.64. The molecule has 2 N–H and O–H groups in total. The summed E-state index contributed by atoms with van der Waals surface area (Å²) in [6.07, 6.45) is 1.38. The minimum absolute atomic E-state index is 0.210. The minimum atomic E-state index is -0.475. The van der Waals surface area contributed by atoms with Gasteiger partial charge in [-0.2, -0.15) is 10.2 Å². The number of nitrogens with one attached hydrogen (secondary N) is 2. The lowest BCUT2D eigenvalue weighted by molar-refractivity contribution is 0.0944. The number of rotatable bonds is 5. The molecular weight excluding hydrogens is 397 g/mol. The van der Waals surface area contributed by atoms with Gasteiger partial charge >= 0.3 is 0 Å². The zero-order valence-corrected chi connectivity index (χ0v) is 16.4. The fourth-order valence-electron chi connectivity index (χ4n) is 2.52. The molecule has 0 aliphatic heterocycles. The van der Waals surface area contributed by atoms with Crippen molar-refractivity contribution < 1.29 is 14.0 Å². The van der Waals surface area contributed by atoms with E-state index >= 15 is 0 Å². The number of benzene rings is 2. The fourth-order valence-corrected chi connectivity index (χ4v) is 2.77. The number of hydrogen-bond donors (Lipinski definition) is 2. The molecule has 9 heteroatoms. The number of aromatic nitrogens is 2. The summed E-state index contributed by atoms with van der Waals surface area (Å²) >= 11 is 5.94. The highest BCUT2D eigenvalue weighted by atomic mass is 35.5. The molecule has 0 bridgehead atoms. The molecule has 7 nitrogen and oxygen atoms in total. The number of nitrogens with zero attached hydrogens (tertiary/aromatic N) is 3. The third-order valence-electron chi connectivity index (χ3n) is 4.10. The van der Waals surface area contributed by atoms with Crippen LogP contribution in [0.3, 0.4) is 0 Å². The molecule has 0 fully saturated rings. The third kappa shape index (κ3) is 4.85. The van der Waals surface area contributed by atoms with E-state index in [1.54, 1.807) is 38.2 Å². The van der Waals surface area contributed by atoms with E-state index in [9.17, 15) is 14.0 Å². The van der Waals surface area contributed by atoms with Crippen molar-refractivity contribution in [3.05, 3.63) is 82.4 Å². The fraction of sp³-hybridized carbons (Fsp3) is 0.100. The first-order chi connectivity index (χ1) is 13.8. The van der Waals surface area contributed by atoms with E-state index in [0.29, 0.717) is 17.0 Å². The first-order valence-electron chi connectivity index (χ1n) is 8.54. The summed E-state index contributed by atoms with van der Waals surface area (Å²) in [5.74, 6) is -1.22. The van der Waals surface area contributed by atoms with E-state index in [2.05, 4.69) is 20.9 Å². The van der Waals surface area contributed by atoms with Gasteiger partial charge in [0.2, 0.25) is 0 Å². The Morgan fingerprint density at radius 1 is 1.03 bits per heavy atom. The Kier molecular flexibility index (Phi) is 6.04. The summed E-state index contributed by atoms with van der Waals surface area (Å²) in [7, 11) is 1.61. The Hall–Kier alpha value is -3.52. The van der Waals surface area contributed by atoms with Gasteiger partial charge in [0.1, 0.15) is 11.5 Å². The quantitative estimate of drug-likeness (QED) is 0.494. The molecule has 1 aromatic heterocycles. The summed E-state index contributed by atoms with van der Waals surface area (Å²) in [4.78, 5) is 24.3. The summed E-state index contributed by atoms with van der Waals surface area (Å²) in [6, 6.07) is 12.2. The predicted octanol–water partition coefficient (Wildman–Crippen LogP) is 3.62. The molecular formula is C20H17ClFN5O2. The number of aryl methyl sites for hydroxylation is 1. The number of amides is 2. The second-order valence-corrected chi connectivity index (χ2v) is 6.55. The first kappa shape index (κ1) is 20.2. The highest BCUT2D eigenvalue weighted by Crippen LogP contribution is 2.14. The largest absolute Gasteiger partial charge is 0.322 e. The van der Waals surface area contributed by atoms with Crippen LogP contribution in [0.5, 0.6) is 0 Å². The Morgan fingerprint density at radius 2 is 1.66 bits per heavy atom. The Morgan fingerprint density at radius 3 is 2.24 bits per heavy atom. The smallest absolute Gasteiger partial charge is 0.291 e. The summed E-state index contributed by atoms with van der Waals surface area (Å²) in [6.45, 7) is 1.73. The molecule has 0 radical (unpaired) electrons. The zero-order chi connectivity index (χ0) is 21.0. The number of hydrazone groups is 1. The molecule has 0 unspecified atom stereocenters. The maximum atomic E-state index is 12.9. The van der Waals surface area contributed by atoms with Crippen LogP contribution in [-0.4, -0.2) is 27.3 Å². The molecule has 3 aromatic rings. The van der Waals surface area contributed by atoms with Crippen LogP contribution in [0, 0.1) is 5.82 Å². The molecule has 0 saturated carbocycles. The molecule has 148 valence electrons. The maximum Gasteiger partial charge on any atom is 0.291 e. The lowest BCUT2D eigenvalue weighted by Gasteiger charge is -2.07. The summed E-state index contributed by atoms with van der Waals surface area (Å²) in [5.41, 5.74) is 4.89. The highest BCUT2D eigenvalue weighted by molar-refractivity contribution is 6.33. The van der Waals surface area contributed by atoms with E-state index in [1.807, 2.05) is 0 Å². The zero-order valence-electron chi connectivity index (χ0n) is 15.6. The number of carbonyl (C=O) groups excluding carboxylic acids is 2. The van der Waals surface area contributed by atoms with Gasteiger partial charge in [-0.15, -0.1) is 0 Å². The molecule has 0 atom stereocenters. The Labute approximate surface area is 171 Å². The van der Waals surface area contributed by atoms with Gasteiger partial charge in [0, 0.05) is 18.3 Å². The van der Waals surface area contributed by atoms with E-state index in [0.717, 1.165) is 5.56 Å². The van der Waals surface area contributed by atoms with Crippen LogP contribution in [0.25, 0.3) is 0 Å². The van der Waals surface area contributed by atoms with Crippen molar-refractivity contribution in [1.82, 2.24) is 15.2 Å². The summed E-state index contributed by atoms with van der Waals surface area (Å²) < 4.78 is 14.3. The second-order valence-electron chi connectivity index (χ2n) is 6.14. The first-order valence-corrected chi connectivity index (χ1v) is 8.92. The molecule has 29 heavy (non-hydrogen) atoms. The monoisotopic (exact) mass is 413 g/mol. The third-order valence-corrected chi connectivity index (χ3v) is 4.38. The van der Waals surface area contributed by atoms with Crippen molar-refractivity contribution in [3.63, 3.8) is 0 Å². The van der Waals surface area contributed by atoms with Crippen LogP contribution in [-0.2, 0) is 7.05 Å². The SMILES string of the molecule is C/C(=N\NC(=O)c1c(Cl)cnn1C)c1ccc(NC(=O)c2ccc(F)cc2)cc1. The predicted molar refractivity (Wildman–Crippen MR) is 109 cm³/mol. The molecule has 1 heterocycles. The van der Waals surface area contributed by atoms with E-state index in [1.165, 1.54) is 35.1 Å². The number of anilines is 1. The van der Waals surface area contributed by atoms with Gasteiger partial charge in [-0.1, -0.05) is 23.7 Å². The van der Waals surface area contributed by atoms with Gasteiger partial charge in [-0.3, -0.25) is 14.3 Å². The molecule has 3 rings (SSSR count). The second kappa shape index (κ2) is 8.66. The number of carbonyl (C=O) groups is 2. The molecule has 2 aromatic carbocycles. The van der Waals surface area contributed by atoms with Crippen LogP contribution in [0.1, 0.15) is 33.3 Å². The van der Waals surface area contributed by atoms with Gasteiger partial charge in [-0.25, -0.2) is 9.82 Å². The van der Waals surface area contributed by atoms with E-state index in [-0.39, 0.29) is 16.6 Å². The van der Waals surface area contributed by atoms with Crippen LogP contribution in [0.2, 0.25) is 5.02 Å². The van der Waals surface area contributed by atoms with Gasteiger partial charge in [0.25, 0.3) is 11.8 Å².